The summed E-state index contributed by atoms with van der Waals surface area (Å²) in [5.41, 5.74) is 3.71. The van der Waals surface area contributed by atoms with E-state index in [9.17, 15) is 9.59 Å². The Balaban J connectivity index is 1.82. The molecule has 1 heterocycles. The zero-order valence-corrected chi connectivity index (χ0v) is 18.1. The molecule has 2 aromatic carbocycles. The molecular formula is C25H26N2O4. The fourth-order valence-electron chi connectivity index (χ4n) is 3.19. The van der Waals surface area contributed by atoms with Gasteiger partial charge in [-0.3, -0.25) is 9.59 Å². The number of ether oxygens (including phenoxy) is 1. The van der Waals surface area contributed by atoms with Gasteiger partial charge in [0.15, 0.2) is 0 Å². The van der Waals surface area contributed by atoms with Gasteiger partial charge in [0, 0.05) is 11.6 Å². The van der Waals surface area contributed by atoms with Crippen molar-refractivity contribution in [2.24, 2.45) is 0 Å². The Morgan fingerprint density at radius 3 is 2.45 bits per heavy atom. The molecule has 0 aliphatic carbocycles. The van der Waals surface area contributed by atoms with Crippen molar-refractivity contribution < 1.29 is 18.7 Å². The summed E-state index contributed by atoms with van der Waals surface area (Å²) in [4.78, 5) is 25.8. The van der Waals surface area contributed by atoms with Gasteiger partial charge >= 0.3 is 0 Å². The number of aryl methyl sites for hydroxylation is 2. The third-order valence-corrected chi connectivity index (χ3v) is 4.92. The highest BCUT2D eigenvalue weighted by atomic mass is 16.5. The molecule has 1 aromatic heterocycles. The maximum atomic E-state index is 13.1. The highest BCUT2D eigenvalue weighted by molar-refractivity contribution is 6.05. The van der Waals surface area contributed by atoms with Gasteiger partial charge in [-0.15, -0.1) is 0 Å². The van der Waals surface area contributed by atoms with E-state index in [-0.39, 0.29) is 11.7 Å². The topological polar surface area (TPSA) is 80.6 Å². The molecule has 0 fully saturated rings. The number of carbonyl (C=O) groups is 2. The second-order valence-corrected chi connectivity index (χ2v) is 7.31. The summed E-state index contributed by atoms with van der Waals surface area (Å²) in [5.74, 6) is 0.282. The monoisotopic (exact) mass is 418 g/mol. The van der Waals surface area contributed by atoms with Crippen LogP contribution in [-0.2, 0) is 4.79 Å². The van der Waals surface area contributed by atoms with Crippen molar-refractivity contribution >= 4 is 17.9 Å². The summed E-state index contributed by atoms with van der Waals surface area (Å²) in [6, 6.07) is 15.9. The predicted molar refractivity (Wildman–Crippen MR) is 120 cm³/mol. The van der Waals surface area contributed by atoms with E-state index in [4.69, 9.17) is 9.15 Å². The summed E-state index contributed by atoms with van der Waals surface area (Å²) < 4.78 is 10.5. The zero-order valence-electron chi connectivity index (χ0n) is 18.1. The maximum absolute atomic E-state index is 13.1. The van der Waals surface area contributed by atoms with Gasteiger partial charge in [0.1, 0.15) is 17.2 Å². The number of rotatable bonds is 7. The van der Waals surface area contributed by atoms with Crippen LogP contribution in [0.1, 0.15) is 45.8 Å². The largest absolute Gasteiger partial charge is 0.497 e. The van der Waals surface area contributed by atoms with Crippen LogP contribution < -0.4 is 15.4 Å². The van der Waals surface area contributed by atoms with Crippen LogP contribution in [0.2, 0.25) is 0 Å². The van der Waals surface area contributed by atoms with Crippen molar-refractivity contribution in [1.29, 1.82) is 0 Å². The predicted octanol–water partition coefficient (Wildman–Crippen LogP) is 4.55. The third kappa shape index (κ3) is 5.63. The zero-order chi connectivity index (χ0) is 22.4. The lowest BCUT2D eigenvalue weighted by molar-refractivity contribution is -0.118. The molecule has 0 bridgehead atoms. The lowest BCUT2D eigenvalue weighted by atomic mass is 10.00. The first-order valence-electron chi connectivity index (χ1n) is 9.96. The Labute approximate surface area is 181 Å². The van der Waals surface area contributed by atoms with Gasteiger partial charge in [-0.25, -0.2) is 0 Å². The van der Waals surface area contributed by atoms with Gasteiger partial charge in [-0.05, 0) is 68.3 Å². The van der Waals surface area contributed by atoms with Crippen LogP contribution in [0.4, 0.5) is 0 Å². The van der Waals surface area contributed by atoms with Crippen molar-refractivity contribution in [3.63, 3.8) is 0 Å². The van der Waals surface area contributed by atoms with E-state index in [1.165, 1.54) is 12.3 Å². The molecule has 31 heavy (non-hydrogen) atoms. The summed E-state index contributed by atoms with van der Waals surface area (Å²) in [6.07, 6.45) is 3.01. The minimum Gasteiger partial charge on any atom is -0.497 e. The van der Waals surface area contributed by atoms with Crippen LogP contribution >= 0.6 is 0 Å². The van der Waals surface area contributed by atoms with Crippen molar-refractivity contribution in [1.82, 2.24) is 10.6 Å². The number of amides is 2. The van der Waals surface area contributed by atoms with Crippen LogP contribution in [0, 0.1) is 13.8 Å². The van der Waals surface area contributed by atoms with E-state index in [0.29, 0.717) is 17.1 Å². The molecule has 3 rings (SSSR count). The van der Waals surface area contributed by atoms with Crippen LogP contribution in [0.5, 0.6) is 5.75 Å². The van der Waals surface area contributed by atoms with Crippen molar-refractivity contribution in [3.8, 4) is 5.75 Å². The lowest BCUT2D eigenvalue weighted by Gasteiger charge is -2.19. The minimum atomic E-state index is -0.410. The highest BCUT2D eigenvalue weighted by Crippen LogP contribution is 2.20. The van der Waals surface area contributed by atoms with Crippen LogP contribution in [0.25, 0.3) is 6.08 Å². The molecule has 1 atom stereocenters. The van der Waals surface area contributed by atoms with Crippen molar-refractivity contribution in [2.45, 2.75) is 26.8 Å². The van der Waals surface area contributed by atoms with Crippen LogP contribution in [-0.4, -0.2) is 18.9 Å². The Morgan fingerprint density at radius 1 is 1.06 bits per heavy atom. The fourth-order valence-corrected chi connectivity index (χ4v) is 3.19. The molecule has 6 heteroatoms. The third-order valence-electron chi connectivity index (χ3n) is 4.92. The Bertz CT molecular complexity index is 1080. The van der Waals surface area contributed by atoms with Crippen molar-refractivity contribution in [2.75, 3.05) is 7.11 Å². The van der Waals surface area contributed by atoms with E-state index in [1.54, 1.807) is 43.5 Å². The van der Waals surface area contributed by atoms with E-state index in [1.807, 2.05) is 39.0 Å². The fraction of sp³-hybridized carbons (Fsp3) is 0.200. The normalized spacial score (nSPS) is 12.2. The summed E-state index contributed by atoms with van der Waals surface area (Å²) in [7, 11) is 1.56. The number of carbonyl (C=O) groups excluding carboxylic acids is 2. The molecule has 0 unspecified atom stereocenters. The minimum absolute atomic E-state index is 0.0907. The molecule has 6 nitrogen and oxygen atoms in total. The molecule has 0 aliphatic rings. The molecular weight excluding hydrogens is 392 g/mol. The van der Waals surface area contributed by atoms with Gasteiger partial charge < -0.3 is 19.8 Å². The second kappa shape index (κ2) is 9.80. The van der Waals surface area contributed by atoms with Gasteiger partial charge in [-0.2, -0.15) is 0 Å². The first-order valence-corrected chi connectivity index (χ1v) is 9.96. The van der Waals surface area contributed by atoms with E-state index in [2.05, 4.69) is 10.6 Å². The van der Waals surface area contributed by atoms with Crippen LogP contribution in [0.3, 0.4) is 0 Å². The average Bonchev–Trinajstić information content (AvgIpc) is 3.28. The number of hydrogen-bond acceptors (Lipinski definition) is 4. The molecule has 2 N–H and O–H groups in total. The number of furan rings is 1. The molecule has 0 aliphatic heterocycles. The molecule has 3 aromatic rings. The Kier molecular flexibility index (Phi) is 6.92. The summed E-state index contributed by atoms with van der Waals surface area (Å²) >= 11 is 0. The van der Waals surface area contributed by atoms with Crippen molar-refractivity contribution in [3.05, 3.63) is 94.6 Å². The maximum Gasteiger partial charge on any atom is 0.268 e. The van der Waals surface area contributed by atoms with E-state index in [0.717, 1.165) is 16.7 Å². The van der Waals surface area contributed by atoms with Gasteiger partial charge in [-0.1, -0.05) is 23.8 Å². The quantitative estimate of drug-likeness (QED) is 0.552. The molecule has 0 saturated carbocycles. The lowest BCUT2D eigenvalue weighted by Crippen LogP contribution is -2.36. The first kappa shape index (κ1) is 21.9. The molecule has 0 radical (unpaired) electrons. The van der Waals surface area contributed by atoms with Gasteiger partial charge in [0.25, 0.3) is 11.8 Å². The smallest absolute Gasteiger partial charge is 0.268 e. The summed E-state index contributed by atoms with van der Waals surface area (Å²) in [5, 5.41) is 5.67. The number of hydrogen-bond donors (Lipinski definition) is 2. The molecule has 160 valence electrons. The Hall–Kier alpha value is -3.80. The average molecular weight is 418 g/mol. The summed E-state index contributed by atoms with van der Waals surface area (Å²) in [6.45, 7) is 5.92. The first-order chi connectivity index (χ1) is 14.9. The van der Waals surface area contributed by atoms with Crippen LogP contribution in [0.15, 0.2) is 71.0 Å². The van der Waals surface area contributed by atoms with Gasteiger partial charge in [0.05, 0.1) is 19.4 Å². The Morgan fingerprint density at radius 2 is 1.81 bits per heavy atom. The number of nitrogens with one attached hydrogen (secondary N) is 2. The molecule has 2 amide bonds. The SMILES string of the molecule is COc1ccc(C(=O)N/C(=C\c2ccco2)C(=O)N[C@H](C)c2cc(C)ccc2C)cc1. The van der Waals surface area contributed by atoms with Gasteiger partial charge in [0.2, 0.25) is 0 Å². The highest BCUT2D eigenvalue weighted by Gasteiger charge is 2.19. The number of methoxy groups -OCH3 is 1. The molecule has 0 spiro atoms. The standard InChI is InChI=1S/C25H26N2O4/c1-16-7-8-17(2)22(14-16)18(3)26-25(29)23(15-21-6-5-13-31-21)27-24(28)19-9-11-20(30-4)12-10-19/h5-15,18H,1-4H3,(H,26,29)(H,27,28)/b23-15-/t18-/m1/s1. The second-order valence-electron chi connectivity index (χ2n) is 7.31. The molecule has 0 saturated heterocycles. The number of benzene rings is 2. The van der Waals surface area contributed by atoms with E-state index < -0.39 is 11.8 Å². The van der Waals surface area contributed by atoms with E-state index >= 15 is 0 Å².